The molecule has 0 heterocycles. The van der Waals surface area contributed by atoms with E-state index in [-0.39, 0.29) is 24.5 Å². The predicted octanol–water partition coefficient (Wildman–Crippen LogP) is 3.45. The Balaban J connectivity index is 1.89. The number of ether oxygens (including phenoxy) is 2. The fourth-order valence-electron chi connectivity index (χ4n) is 2.02. The second-order valence-electron chi connectivity index (χ2n) is 5.01. The van der Waals surface area contributed by atoms with E-state index in [4.69, 9.17) is 9.47 Å². The third-order valence-electron chi connectivity index (χ3n) is 3.31. The summed E-state index contributed by atoms with van der Waals surface area (Å²) in [5, 5.41) is 10.9. The first kappa shape index (κ1) is 16.5. The number of nitrogens with zero attached hydrogens (tertiary/aromatic N) is 1. The Morgan fingerprint density at radius 3 is 2.52 bits per heavy atom. The Kier molecular flexibility index (Phi) is 5.30. The van der Waals surface area contributed by atoms with Crippen LogP contribution in [0.4, 0.5) is 5.69 Å². The molecule has 0 unspecified atom stereocenters. The maximum atomic E-state index is 11.9. The number of nitro benzene ring substituents is 1. The second-order valence-corrected chi connectivity index (χ2v) is 5.01. The minimum absolute atomic E-state index is 0.0643. The van der Waals surface area contributed by atoms with Crippen molar-refractivity contribution in [1.82, 2.24) is 0 Å². The van der Waals surface area contributed by atoms with E-state index in [1.54, 1.807) is 6.92 Å². The van der Waals surface area contributed by atoms with Gasteiger partial charge in [0, 0.05) is 11.6 Å². The first-order valence-electron chi connectivity index (χ1n) is 7.09. The van der Waals surface area contributed by atoms with Crippen LogP contribution in [0.3, 0.4) is 0 Å². The molecule has 0 aliphatic rings. The van der Waals surface area contributed by atoms with Gasteiger partial charge in [0.25, 0.3) is 5.69 Å². The number of hydrogen-bond donors (Lipinski definition) is 0. The van der Waals surface area contributed by atoms with Crippen molar-refractivity contribution in [2.24, 2.45) is 0 Å². The summed E-state index contributed by atoms with van der Waals surface area (Å²) in [6, 6.07) is 11.8. The number of carbonyl (C=O) groups is 1. The molecule has 0 aliphatic heterocycles. The molecule has 0 aromatic heterocycles. The summed E-state index contributed by atoms with van der Waals surface area (Å²) in [6.45, 7) is 3.81. The molecular weight excluding hydrogens is 298 g/mol. The zero-order valence-corrected chi connectivity index (χ0v) is 12.9. The third kappa shape index (κ3) is 4.29. The first-order valence-corrected chi connectivity index (χ1v) is 7.09. The SMILES string of the molecule is Cc1ccccc1OCCOC(=O)c1ccc(C)c([N+](=O)[O-])c1. The van der Waals surface area contributed by atoms with Crippen molar-refractivity contribution in [1.29, 1.82) is 0 Å². The molecule has 0 radical (unpaired) electrons. The monoisotopic (exact) mass is 315 g/mol. The highest BCUT2D eigenvalue weighted by molar-refractivity contribution is 5.90. The van der Waals surface area contributed by atoms with Crippen LogP contribution in [0.5, 0.6) is 5.75 Å². The van der Waals surface area contributed by atoms with Gasteiger partial charge in [-0.1, -0.05) is 24.3 Å². The van der Waals surface area contributed by atoms with E-state index in [0.29, 0.717) is 5.56 Å². The third-order valence-corrected chi connectivity index (χ3v) is 3.31. The summed E-state index contributed by atoms with van der Waals surface area (Å²) in [5.41, 5.74) is 1.54. The van der Waals surface area contributed by atoms with Gasteiger partial charge in [-0.25, -0.2) is 4.79 Å². The van der Waals surface area contributed by atoms with Crippen molar-refractivity contribution < 1.29 is 19.2 Å². The standard InChI is InChI=1S/C17H17NO5/c1-12-7-8-14(11-15(12)18(20)21)17(19)23-10-9-22-16-6-4-3-5-13(16)2/h3-8,11H,9-10H2,1-2H3. The second kappa shape index (κ2) is 7.40. The van der Waals surface area contributed by atoms with Gasteiger partial charge in [-0.3, -0.25) is 10.1 Å². The molecule has 120 valence electrons. The molecule has 6 nitrogen and oxygen atoms in total. The minimum atomic E-state index is -0.610. The van der Waals surface area contributed by atoms with E-state index < -0.39 is 10.9 Å². The van der Waals surface area contributed by atoms with Crippen LogP contribution >= 0.6 is 0 Å². The predicted molar refractivity (Wildman–Crippen MR) is 84.8 cm³/mol. The molecular formula is C17H17NO5. The Morgan fingerprint density at radius 2 is 1.83 bits per heavy atom. The molecule has 2 aromatic rings. The molecule has 0 aliphatic carbocycles. The van der Waals surface area contributed by atoms with Crippen molar-refractivity contribution in [3.05, 3.63) is 69.3 Å². The molecule has 0 bridgehead atoms. The molecule has 0 fully saturated rings. The Hall–Kier alpha value is -2.89. The highest BCUT2D eigenvalue weighted by atomic mass is 16.6. The average Bonchev–Trinajstić information content (AvgIpc) is 2.53. The van der Waals surface area contributed by atoms with Crippen LogP contribution in [-0.4, -0.2) is 24.1 Å². The fourth-order valence-corrected chi connectivity index (χ4v) is 2.02. The van der Waals surface area contributed by atoms with E-state index in [1.807, 2.05) is 31.2 Å². The zero-order valence-electron chi connectivity index (χ0n) is 12.9. The zero-order chi connectivity index (χ0) is 16.8. The number of esters is 1. The quantitative estimate of drug-likeness (QED) is 0.353. The first-order chi connectivity index (χ1) is 11.0. The van der Waals surface area contributed by atoms with Crippen LogP contribution in [0.2, 0.25) is 0 Å². The smallest absolute Gasteiger partial charge is 0.338 e. The lowest BCUT2D eigenvalue weighted by Crippen LogP contribution is -2.13. The van der Waals surface area contributed by atoms with Crippen LogP contribution < -0.4 is 4.74 Å². The van der Waals surface area contributed by atoms with Gasteiger partial charge in [0.1, 0.15) is 19.0 Å². The van der Waals surface area contributed by atoms with E-state index in [0.717, 1.165) is 11.3 Å². The number of rotatable bonds is 6. The molecule has 0 N–H and O–H groups in total. The summed E-state index contributed by atoms with van der Waals surface area (Å²) in [4.78, 5) is 22.3. The number of benzene rings is 2. The van der Waals surface area contributed by atoms with Gasteiger partial charge in [0.05, 0.1) is 10.5 Å². The lowest BCUT2D eigenvalue weighted by Gasteiger charge is -2.09. The highest BCUT2D eigenvalue weighted by Gasteiger charge is 2.15. The lowest BCUT2D eigenvalue weighted by molar-refractivity contribution is -0.385. The summed E-state index contributed by atoms with van der Waals surface area (Å²) in [7, 11) is 0. The van der Waals surface area contributed by atoms with Gasteiger partial charge in [-0.15, -0.1) is 0 Å². The van der Waals surface area contributed by atoms with E-state index in [9.17, 15) is 14.9 Å². The van der Waals surface area contributed by atoms with E-state index >= 15 is 0 Å². The van der Waals surface area contributed by atoms with E-state index in [2.05, 4.69) is 0 Å². The topological polar surface area (TPSA) is 78.7 Å². The van der Waals surface area contributed by atoms with E-state index in [1.165, 1.54) is 18.2 Å². The average molecular weight is 315 g/mol. The number of carbonyl (C=O) groups excluding carboxylic acids is 1. The van der Waals surface area contributed by atoms with Gasteiger partial charge >= 0.3 is 5.97 Å². The van der Waals surface area contributed by atoms with Crippen molar-refractivity contribution in [3.63, 3.8) is 0 Å². The highest BCUT2D eigenvalue weighted by Crippen LogP contribution is 2.20. The number of para-hydroxylation sites is 1. The maximum absolute atomic E-state index is 11.9. The summed E-state index contributed by atoms with van der Waals surface area (Å²) in [5.74, 6) is 0.121. The molecule has 0 atom stereocenters. The van der Waals surface area contributed by atoms with Crippen LogP contribution in [0.15, 0.2) is 42.5 Å². The Bertz CT molecular complexity index is 727. The Labute approximate surface area is 133 Å². The van der Waals surface area contributed by atoms with Crippen molar-refractivity contribution in [2.75, 3.05) is 13.2 Å². The molecule has 0 amide bonds. The largest absolute Gasteiger partial charge is 0.490 e. The van der Waals surface area contributed by atoms with Gasteiger partial charge in [-0.2, -0.15) is 0 Å². The molecule has 2 rings (SSSR count). The molecule has 0 spiro atoms. The summed E-state index contributed by atoms with van der Waals surface area (Å²) < 4.78 is 10.6. The molecule has 2 aromatic carbocycles. The van der Waals surface area contributed by atoms with Crippen LogP contribution in [-0.2, 0) is 4.74 Å². The van der Waals surface area contributed by atoms with Crippen molar-refractivity contribution >= 4 is 11.7 Å². The molecule has 0 saturated carbocycles. The van der Waals surface area contributed by atoms with Gasteiger partial charge in [0.2, 0.25) is 0 Å². The van der Waals surface area contributed by atoms with Gasteiger partial charge < -0.3 is 9.47 Å². The normalized spacial score (nSPS) is 10.2. The molecule has 0 saturated heterocycles. The fraction of sp³-hybridized carbons (Fsp3) is 0.235. The Morgan fingerprint density at radius 1 is 1.09 bits per heavy atom. The van der Waals surface area contributed by atoms with Crippen LogP contribution in [0, 0.1) is 24.0 Å². The minimum Gasteiger partial charge on any atom is -0.490 e. The summed E-state index contributed by atoms with van der Waals surface area (Å²) in [6.07, 6.45) is 0. The molecule has 23 heavy (non-hydrogen) atoms. The maximum Gasteiger partial charge on any atom is 0.338 e. The van der Waals surface area contributed by atoms with Crippen LogP contribution in [0.1, 0.15) is 21.5 Å². The van der Waals surface area contributed by atoms with Gasteiger partial charge in [-0.05, 0) is 31.5 Å². The van der Waals surface area contributed by atoms with Gasteiger partial charge in [0.15, 0.2) is 0 Å². The summed E-state index contributed by atoms with van der Waals surface area (Å²) >= 11 is 0. The van der Waals surface area contributed by atoms with Crippen LogP contribution in [0.25, 0.3) is 0 Å². The van der Waals surface area contributed by atoms with Crippen molar-refractivity contribution in [3.8, 4) is 5.75 Å². The lowest BCUT2D eigenvalue weighted by atomic mass is 10.1. The van der Waals surface area contributed by atoms with Crippen molar-refractivity contribution in [2.45, 2.75) is 13.8 Å². The number of aryl methyl sites for hydroxylation is 2. The number of nitro groups is 1. The molecule has 6 heteroatoms. The number of hydrogen-bond acceptors (Lipinski definition) is 5.